The fraction of sp³-hybridized carbons (Fsp3) is 0.500. The van der Waals surface area contributed by atoms with Crippen molar-refractivity contribution >= 4 is 38.2 Å². The molecule has 4 heterocycles. The molecule has 0 unspecified atom stereocenters. The summed E-state index contributed by atoms with van der Waals surface area (Å²) in [5.74, 6) is 1.07. The molecule has 208 valence electrons. The molecule has 1 saturated carbocycles. The van der Waals surface area contributed by atoms with Crippen molar-refractivity contribution in [3.8, 4) is 5.88 Å². The molecule has 0 spiro atoms. The van der Waals surface area contributed by atoms with Gasteiger partial charge in [0.2, 0.25) is 5.88 Å². The Balaban J connectivity index is 1.47. The summed E-state index contributed by atoms with van der Waals surface area (Å²) in [5.41, 5.74) is 7.88. The van der Waals surface area contributed by atoms with Crippen molar-refractivity contribution in [2.24, 2.45) is 5.73 Å². The Kier molecular flexibility index (Phi) is 7.00. The van der Waals surface area contributed by atoms with Crippen LogP contribution in [0.25, 0.3) is 10.8 Å². The predicted octanol–water partition coefficient (Wildman–Crippen LogP) is 4.58. The second-order valence-corrected chi connectivity index (χ2v) is 13.5. The van der Waals surface area contributed by atoms with E-state index < -0.39 is 15.4 Å². The zero-order valence-corrected chi connectivity index (χ0v) is 23.7. The smallest absolute Gasteiger partial charge is 0.340 e. The van der Waals surface area contributed by atoms with Crippen LogP contribution in [0.15, 0.2) is 30.6 Å². The largest absolute Gasteiger partial charge is 0.474 e. The Labute approximate surface area is 228 Å². The molecule has 1 aliphatic carbocycles. The summed E-state index contributed by atoms with van der Waals surface area (Å²) in [5, 5.41) is 4.46. The van der Waals surface area contributed by atoms with Gasteiger partial charge in [-0.1, -0.05) is 20.3 Å². The molecule has 5 rings (SSSR count). The molecule has 0 bridgehead atoms. The first-order valence-electron chi connectivity index (χ1n) is 13.3. The molecule has 3 aromatic heterocycles. The van der Waals surface area contributed by atoms with Crippen LogP contribution in [-0.2, 0) is 14.6 Å². The number of carbonyl (C=O) groups is 1. The third-order valence-electron chi connectivity index (χ3n) is 7.91. The number of ether oxygens (including phenoxy) is 2. The highest BCUT2D eigenvalue weighted by molar-refractivity contribution is 7.91. The number of carbonyl (C=O) groups excluding carboxylic acids is 1. The van der Waals surface area contributed by atoms with E-state index in [1.165, 1.54) is 6.26 Å². The van der Waals surface area contributed by atoms with E-state index in [0.717, 1.165) is 23.8 Å². The lowest BCUT2D eigenvalue weighted by Gasteiger charge is -2.36. The van der Waals surface area contributed by atoms with E-state index in [9.17, 15) is 13.2 Å². The Bertz CT molecular complexity index is 1530. The van der Waals surface area contributed by atoms with Crippen molar-refractivity contribution in [3.05, 3.63) is 47.4 Å². The number of pyridine rings is 3. The van der Waals surface area contributed by atoms with Gasteiger partial charge < -0.3 is 20.5 Å². The van der Waals surface area contributed by atoms with E-state index in [1.807, 2.05) is 26.8 Å². The summed E-state index contributed by atoms with van der Waals surface area (Å²) in [4.78, 5) is 26.3. The van der Waals surface area contributed by atoms with E-state index in [1.54, 1.807) is 24.5 Å². The Morgan fingerprint density at radius 2 is 1.92 bits per heavy atom. The number of aromatic nitrogens is 3. The third-order valence-corrected chi connectivity index (χ3v) is 9.51. The van der Waals surface area contributed by atoms with Gasteiger partial charge in [-0.3, -0.25) is 0 Å². The van der Waals surface area contributed by atoms with Crippen molar-refractivity contribution in [1.82, 2.24) is 15.0 Å². The molecular weight excluding hydrogens is 518 g/mol. The van der Waals surface area contributed by atoms with Gasteiger partial charge in [0, 0.05) is 43.5 Å². The number of fused-ring (bicyclic) bond motifs is 2. The average molecular weight is 554 g/mol. The summed E-state index contributed by atoms with van der Waals surface area (Å²) >= 11 is 0. The lowest BCUT2D eigenvalue weighted by Crippen LogP contribution is -2.42. The van der Waals surface area contributed by atoms with E-state index in [4.69, 9.17) is 20.2 Å². The number of sulfone groups is 1. The number of nitrogens with one attached hydrogen (secondary N) is 1. The second kappa shape index (κ2) is 10.0. The van der Waals surface area contributed by atoms with Gasteiger partial charge >= 0.3 is 5.97 Å². The van der Waals surface area contributed by atoms with Crippen LogP contribution >= 0.6 is 0 Å². The molecule has 10 nitrogen and oxygen atoms in total. The number of hydrogen-bond acceptors (Lipinski definition) is 10. The highest BCUT2D eigenvalue weighted by Gasteiger charge is 2.40. The van der Waals surface area contributed by atoms with E-state index >= 15 is 0 Å². The maximum atomic E-state index is 12.5. The summed E-state index contributed by atoms with van der Waals surface area (Å²) in [6, 6.07) is 5.14. The highest BCUT2D eigenvalue weighted by atomic mass is 32.2. The molecule has 0 radical (unpaired) electrons. The second-order valence-electron chi connectivity index (χ2n) is 11.2. The number of nitrogens with zero attached hydrogens (tertiary/aromatic N) is 3. The summed E-state index contributed by atoms with van der Waals surface area (Å²) < 4.78 is 35.3. The first kappa shape index (κ1) is 27.3. The lowest BCUT2D eigenvalue weighted by molar-refractivity contribution is -0.0189. The number of nitrogens with two attached hydrogens (primary N) is 1. The molecule has 39 heavy (non-hydrogen) atoms. The minimum absolute atomic E-state index is 0.0882. The topological polar surface area (TPSA) is 146 Å². The van der Waals surface area contributed by atoms with Gasteiger partial charge in [-0.2, -0.15) is 0 Å². The van der Waals surface area contributed by atoms with Gasteiger partial charge in [0.05, 0.1) is 21.9 Å². The molecular formula is C28H35N5O5S. The van der Waals surface area contributed by atoms with Gasteiger partial charge in [0.15, 0.2) is 9.84 Å². The van der Waals surface area contributed by atoms with Crippen LogP contribution in [0.3, 0.4) is 0 Å². The first-order valence-corrected chi connectivity index (χ1v) is 15.2. The van der Waals surface area contributed by atoms with Crippen LogP contribution in [0.2, 0.25) is 0 Å². The molecule has 11 heteroatoms. The van der Waals surface area contributed by atoms with Gasteiger partial charge in [-0.25, -0.2) is 28.2 Å². The number of rotatable bonds is 8. The van der Waals surface area contributed by atoms with Gasteiger partial charge in [0.25, 0.3) is 0 Å². The van der Waals surface area contributed by atoms with Crippen LogP contribution in [0, 0.1) is 0 Å². The Morgan fingerprint density at radius 1 is 1.18 bits per heavy atom. The van der Waals surface area contributed by atoms with E-state index in [-0.39, 0.29) is 29.3 Å². The van der Waals surface area contributed by atoms with Crippen molar-refractivity contribution in [1.29, 1.82) is 0 Å². The van der Waals surface area contributed by atoms with Crippen molar-refractivity contribution in [2.45, 2.75) is 82.3 Å². The molecule has 0 saturated heterocycles. The number of cyclic esters (lactones) is 1. The predicted molar refractivity (Wildman–Crippen MR) is 149 cm³/mol. The molecule has 2 aliphatic rings. The number of anilines is 2. The van der Waals surface area contributed by atoms with Crippen LogP contribution < -0.4 is 15.8 Å². The first-order chi connectivity index (χ1) is 18.4. The molecule has 0 amide bonds. The van der Waals surface area contributed by atoms with Gasteiger partial charge in [0.1, 0.15) is 23.3 Å². The van der Waals surface area contributed by atoms with Crippen molar-refractivity contribution in [2.75, 3.05) is 11.6 Å². The number of hydrogen-bond donors (Lipinski definition) is 2. The normalized spacial score (nSPS) is 22.9. The van der Waals surface area contributed by atoms with Gasteiger partial charge in [-0.05, 0) is 49.4 Å². The minimum atomic E-state index is -3.08. The number of esters is 1. The van der Waals surface area contributed by atoms with Gasteiger partial charge in [-0.15, -0.1) is 0 Å². The molecule has 1 aliphatic heterocycles. The fourth-order valence-electron chi connectivity index (χ4n) is 5.07. The Morgan fingerprint density at radius 3 is 2.62 bits per heavy atom. The van der Waals surface area contributed by atoms with Crippen molar-refractivity contribution in [3.63, 3.8) is 0 Å². The highest BCUT2D eigenvalue weighted by Crippen LogP contribution is 2.39. The van der Waals surface area contributed by atoms with Crippen LogP contribution in [0.1, 0.15) is 87.0 Å². The maximum Gasteiger partial charge on any atom is 0.340 e. The molecule has 3 N–H and O–H groups in total. The lowest BCUT2D eigenvalue weighted by atomic mass is 9.84. The third kappa shape index (κ3) is 5.29. The molecule has 0 aromatic carbocycles. The zero-order chi connectivity index (χ0) is 28.1. The molecule has 1 fully saturated rings. The Hall–Kier alpha value is -3.31. The maximum absolute atomic E-state index is 12.5. The van der Waals surface area contributed by atoms with Crippen LogP contribution in [0.5, 0.6) is 5.88 Å². The van der Waals surface area contributed by atoms with Crippen LogP contribution in [-0.4, -0.2) is 52.5 Å². The van der Waals surface area contributed by atoms with E-state index in [0.29, 0.717) is 47.0 Å². The molecule has 3 aromatic rings. The summed E-state index contributed by atoms with van der Waals surface area (Å²) in [6.45, 7) is 7.83. The van der Waals surface area contributed by atoms with E-state index in [2.05, 4.69) is 22.2 Å². The quantitative estimate of drug-likeness (QED) is 0.380. The standard InChI is InChI=1S/C28H35N5O5S/c1-6-7-22(29)20-13-31-26(37-16-10-17(11-16)39(5,35)36)21-14-30-24(12-19(20)21)32-23-9-8-18-25(33-23)15(2)28(3,4)38-27(18)34/h8-9,12-17,22H,6-7,10-11,29H2,1-5H3,(H,30,32,33)/t15-,16?,17?,22+/m1/s1. The minimum Gasteiger partial charge on any atom is -0.474 e. The zero-order valence-electron chi connectivity index (χ0n) is 22.9. The fourth-order valence-corrected chi connectivity index (χ4v) is 6.20. The summed E-state index contributed by atoms with van der Waals surface area (Å²) in [6.07, 6.45) is 7.06. The SMILES string of the molecule is CCC[C@H](N)c1cnc(OC2CC(S(C)(=O)=O)C2)c2cnc(Nc3ccc4c(n3)[C@@H](C)C(C)(C)OC4=O)cc12. The van der Waals surface area contributed by atoms with Crippen molar-refractivity contribution < 1.29 is 22.7 Å². The average Bonchev–Trinajstić information content (AvgIpc) is 2.83. The molecule has 2 atom stereocenters. The summed E-state index contributed by atoms with van der Waals surface area (Å²) in [7, 11) is -3.08. The van der Waals surface area contributed by atoms with Crippen LogP contribution in [0.4, 0.5) is 11.6 Å². The monoisotopic (exact) mass is 553 g/mol.